The fraction of sp³-hybridized carbons (Fsp3) is 0.0833. The van der Waals surface area contributed by atoms with E-state index < -0.39 is 0 Å². The van der Waals surface area contributed by atoms with Crippen molar-refractivity contribution in [3.05, 3.63) is 34.3 Å². The zero-order valence-corrected chi connectivity index (χ0v) is 9.18. The first-order valence-electron chi connectivity index (χ1n) is 3.96. The molecule has 0 fully saturated rings. The fourth-order valence-corrected chi connectivity index (χ4v) is 1.07. The van der Waals surface area contributed by atoms with Gasteiger partial charge in [0.05, 0.1) is 0 Å². The molecule has 68 valence electrons. The minimum Gasteiger partial charge on any atom is -0.270 e. The van der Waals surface area contributed by atoms with Gasteiger partial charge < -0.3 is 0 Å². The van der Waals surface area contributed by atoms with Gasteiger partial charge >= 0.3 is 0 Å². The van der Waals surface area contributed by atoms with Crippen molar-refractivity contribution >= 4 is 21.7 Å². The maximum absolute atomic E-state index is 10.9. The molecule has 0 spiro atoms. The third kappa shape index (κ3) is 3.47. The van der Waals surface area contributed by atoms with Crippen LogP contribution in [0.2, 0.25) is 0 Å². The summed E-state index contributed by atoms with van der Waals surface area (Å²) >= 11 is 3.31. The van der Waals surface area contributed by atoms with Crippen molar-refractivity contribution in [1.29, 1.82) is 0 Å². The molecule has 0 radical (unpaired) electrons. The summed E-state index contributed by atoms with van der Waals surface area (Å²) < 4.78 is 0.989. The van der Waals surface area contributed by atoms with Crippen LogP contribution in [0.1, 0.15) is 12.5 Å². The molecule has 1 aromatic carbocycles. The zero-order chi connectivity index (χ0) is 10.4. The van der Waals surface area contributed by atoms with Crippen molar-refractivity contribution in [2.75, 3.05) is 0 Å². The van der Waals surface area contributed by atoms with E-state index in [1.807, 2.05) is 24.3 Å². The Balaban J connectivity index is 2.81. The van der Waals surface area contributed by atoms with E-state index in [4.69, 9.17) is 0 Å². The SMILES string of the molecule is CC#CC(=O)C#Cc1ccc(Br)cc1. The molecule has 1 rings (SSSR count). The molecule has 0 saturated heterocycles. The lowest BCUT2D eigenvalue weighted by atomic mass is 10.2. The van der Waals surface area contributed by atoms with Gasteiger partial charge in [0.15, 0.2) is 0 Å². The lowest BCUT2D eigenvalue weighted by Gasteiger charge is -1.89. The highest BCUT2D eigenvalue weighted by molar-refractivity contribution is 9.10. The highest BCUT2D eigenvalue weighted by Crippen LogP contribution is 2.09. The number of Topliss-reactive ketones (excluding diaryl/α,β-unsaturated/α-hetero) is 1. The first-order valence-corrected chi connectivity index (χ1v) is 4.76. The predicted molar refractivity (Wildman–Crippen MR) is 59.5 cm³/mol. The zero-order valence-electron chi connectivity index (χ0n) is 7.60. The van der Waals surface area contributed by atoms with Gasteiger partial charge in [-0.2, -0.15) is 0 Å². The first kappa shape index (κ1) is 10.6. The van der Waals surface area contributed by atoms with Crippen molar-refractivity contribution in [2.45, 2.75) is 6.92 Å². The Kier molecular flexibility index (Phi) is 3.98. The third-order valence-electron chi connectivity index (χ3n) is 1.40. The molecule has 0 aliphatic heterocycles. The number of carbonyl (C=O) groups excluding carboxylic acids is 1. The van der Waals surface area contributed by atoms with Gasteiger partial charge in [-0.25, -0.2) is 0 Å². The first-order chi connectivity index (χ1) is 6.72. The minimum absolute atomic E-state index is 0.351. The molecule has 0 N–H and O–H groups in total. The molecule has 1 nitrogen and oxygen atoms in total. The Bertz CT molecular complexity index is 449. The molecule has 0 atom stereocenters. The lowest BCUT2D eigenvalue weighted by molar-refractivity contribution is -0.108. The number of halogens is 1. The molecule has 0 aromatic heterocycles. The molecule has 0 saturated carbocycles. The minimum atomic E-state index is -0.351. The Morgan fingerprint density at radius 1 is 1.21 bits per heavy atom. The average molecular weight is 247 g/mol. The van der Waals surface area contributed by atoms with Crippen LogP contribution in [0.3, 0.4) is 0 Å². The van der Waals surface area contributed by atoms with Crippen LogP contribution in [-0.4, -0.2) is 5.78 Å². The summed E-state index contributed by atoms with van der Waals surface area (Å²) in [7, 11) is 0. The van der Waals surface area contributed by atoms with Gasteiger partial charge in [-0.1, -0.05) is 27.8 Å². The van der Waals surface area contributed by atoms with Gasteiger partial charge in [0.1, 0.15) is 0 Å². The maximum Gasteiger partial charge on any atom is 0.279 e. The Labute approximate surface area is 91.6 Å². The standard InChI is InChI=1S/C12H7BrO/c1-2-3-12(14)9-6-10-4-7-11(13)8-5-10/h4-5,7-8H,1H3. The van der Waals surface area contributed by atoms with Crippen molar-refractivity contribution < 1.29 is 4.79 Å². The van der Waals surface area contributed by atoms with E-state index >= 15 is 0 Å². The largest absolute Gasteiger partial charge is 0.279 e. The van der Waals surface area contributed by atoms with E-state index in [1.54, 1.807) is 6.92 Å². The smallest absolute Gasteiger partial charge is 0.270 e. The molecule has 0 aliphatic carbocycles. The third-order valence-corrected chi connectivity index (χ3v) is 1.93. The maximum atomic E-state index is 10.9. The van der Waals surface area contributed by atoms with Gasteiger partial charge in [0.25, 0.3) is 5.78 Å². The molecule has 0 aliphatic rings. The molecule has 0 bridgehead atoms. The number of rotatable bonds is 0. The van der Waals surface area contributed by atoms with Crippen LogP contribution in [0.25, 0.3) is 0 Å². The molecule has 0 heterocycles. The van der Waals surface area contributed by atoms with Crippen molar-refractivity contribution in [1.82, 2.24) is 0 Å². The summed E-state index contributed by atoms with van der Waals surface area (Å²) in [5.41, 5.74) is 0.805. The second-order valence-corrected chi connectivity index (χ2v) is 3.38. The van der Waals surface area contributed by atoms with E-state index in [-0.39, 0.29) is 5.78 Å². The van der Waals surface area contributed by atoms with Gasteiger partial charge in [-0.3, -0.25) is 4.79 Å². The number of hydrogen-bond donors (Lipinski definition) is 0. The van der Waals surface area contributed by atoms with Crippen LogP contribution in [0.5, 0.6) is 0 Å². The normalized spacial score (nSPS) is 7.86. The van der Waals surface area contributed by atoms with Gasteiger partial charge in [0.2, 0.25) is 0 Å². The lowest BCUT2D eigenvalue weighted by Crippen LogP contribution is -1.86. The molecule has 0 unspecified atom stereocenters. The summed E-state index contributed by atoms with van der Waals surface area (Å²) in [6.07, 6.45) is 0. The van der Waals surface area contributed by atoms with Crippen molar-refractivity contribution in [3.63, 3.8) is 0 Å². The van der Waals surface area contributed by atoms with Crippen LogP contribution in [0, 0.1) is 23.7 Å². The second kappa shape index (κ2) is 5.27. The van der Waals surface area contributed by atoms with E-state index in [2.05, 4.69) is 39.6 Å². The Morgan fingerprint density at radius 2 is 1.86 bits per heavy atom. The second-order valence-electron chi connectivity index (χ2n) is 2.46. The molecule has 14 heavy (non-hydrogen) atoms. The monoisotopic (exact) mass is 246 g/mol. The highest BCUT2D eigenvalue weighted by Gasteiger charge is 1.88. The van der Waals surface area contributed by atoms with Crippen LogP contribution in [-0.2, 0) is 4.79 Å². The van der Waals surface area contributed by atoms with E-state index in [9.17, 15) is 4.79 Å². The van der Waals surface area contributed by atoms with Gasteiger partial charge in [-0.15, -0.1) is 0 Å². The molecule has 1 aromatic rings. The van der Waals surface area contributed by atoms with E-state index in [0.29, 0.717) is 0 Å². The number of ketones is 1. The van der Waals surface area contributed by atoms with E-state index in [0.717, 1.165) is 10.0 Å². The summed E-state index contributed by atoms with van der Waals surface area (Å²) in [5, 5.41) is 0. The summed E-state index contributed by atoms with van der Waals surface area (Å²) in [4.78, 5) is 10.9. The Hall–Kier alpha value is -1.51. The summed E-state index contributed by atoms with van der Waals surface area (Å²) in [5.74, 6) is 9.68. The van der Waals surface area contributed by atoms with Crippen molar-refractivity contribution in [2.24, 2.45) is 0 Å². The number of benzene rings is 1. The van der Waals surface area contributed by atoms with Crippen LogP contribution >= 0.6 is 15.9 Å². The molecular formula is C12H7BrO. The van der Waals surface area contributed by atoms with Gasteiger partial charge in [-0.05, 0) is 43.0 Å². The van der Waals surface area contributed by atoms with E-state index in [1.165, 1.54) is 0 Å². The average Bonchev–Trinajstić information content (AvgIpc) is 2.17. The summed E-state index contributed by atoms with van der Waals surface area (Å²) in [6, 6.07) is 7.42. The number of hydrogen-bond acceptors (Lipinski definition) is 1. The van der Waals surface area contributed by atoms with Crippen molar-refractivity contribution in [3.8, 4) is 23.7 Å². The molecule has 2 heteroatoms. The Morgan fingerprint density at radius 3 is 2.43 bits per heavy atom. The highest BCUT2D eigenvalue weighted by atomic mass is 79.9. The quantitative estimate of drug-likeness (QED) is 0.508. The van der Waals surface area contributed by atoms with Gasteiger partial charge in [0, 0.05) is 10.0 Å². The fourth-order valence-electron chi connectivity index (χ4n) is 0.807. The summed E-state index contributed by atoms with van der Waals surface area (Å²) in [6.45, 7) is 1.61. The number of carbonyl (C=O) groups is 1. The predicted octanol–water partition coefficient (Wildman–Crippen LogP) is 2.39. The van der Waals surface area contributed by atoms with Crippen LogP contribution in [0.15, 0.2) is 28.7 Å². The van der Waals surface area contributed by atoms with Crippen LogP contribution in [0.4, 0.5) is 0 Å². The van der Waals surface area contributed by atoms with Crippen LogP contribution < -0.4 is 0 Å². The molecule has 0 amide bonds. The topological polar surface area (TPSA) is 17.1 Å². The molecular weight excluding hydrogens is 240 g/mol.